The summed E-state index contributed by atoms with van der Waals surface area (Å²) in [5.74, 6) is 8.24. The molecule has 1 aliphatic heterocycles. The van der Waals surface area contributed by atoms with Crippen LogP contribution >= 0.6 is 0 Å². The molecule has 4 rings (SSSR count). The predicted molar refractivity (Wildman–Crippen MR) is 123 cm³/mol. The van der Waals surface area contributed by atoms with Gasteiger partial charge in [0, 0.05) is 17.6 Å². The topological polar surface area (TPSA) is 18.5 Å². The number of hydrogen-bond donors (Lipinski definition) is 0. The Kier molecular flexibility index (Phi) is 4.43. The molecule has 1 aromatic carbocycles. The van der Waals surface area contributed by atoms with Gasteiger partial charge in [-0.15, -0.1) is 5.73 Å². The molecular weight excluding hydrogens is 368 g/mol. The third-order valence-corrected chi connectivity index (χ3v) is 6.36. The van der Waals surface area contributed by atoms with Gasteiger partial charge in [-0.25, -0.2) is 0 Å². The summed E-state index contributed by atoms with van der Waals surface area (Å²) in [7, 11) is 0. The molecule has 1 heterocycles. The Bertz CT molecular complexity index is 1100. The quantitative estimate of drug-likeness (QED) is 0.363. The highest BCUT2D eigenvalue weighted by atomic mass is 16.6. The second kappa shape index (κ2) is 6.44. The first kappa shape index (κ1) is 20.6. The van der Waals surface area contributed by atoms with Gasteiger partial charge in [0.05, 0.1) is 5.57 Å². The van der Waals surface area contributed by atoms with Crippen molar-refractivity contribution >= 4 is 0 Å². The SMILES string of the molecule is CC(C)(C)c1cc2c(c(C(C)(C)C)c1)OC1(C)C=C(C#CC3=C=CC=C3)CC1(C)O2. The zero-order chi connectivity index (χ0) is 21.9. The van der Waals surface area contributed by atoms with E-state index in [1.54, 1.807) is 0 Å². The van der Waals surface area contributed by atoms with E-state index in [1.165, 1.54) is 11.1 Å². The van der Waals surface area contributed by atoms with Crippen LogP contribution in [0.2, 0.25) is 0 Å². The van der Waals surface area contributed by atoms with Crippen molar-refractivity contribution in [3.05, 3.63) is 64.4 Å². The first-order valence-corrected chi connectivity index (χ1v) is 10.7. The van der Waals surface area contributed by atoms with Crippen molar-refractivity contribution in [2.75, 3.05) is 0 Å². The van der Waals surface area contributed by atoms with E-state index in [1.807, 2.05) is 18.2 Å². The Labute approximate surface area is 181 Å². The largest absolute Gasteiger partial charge is 0.479 e. The Morgan fingerprint density at radius 3 is 2.30 bits per heavy atom. The van der Waals surface area contributed by atoms with Gasteiger partial charge >= 0.3 is 0 Å². The molecule has 2 unspecified atom stereocenters. The molecule has 0 fully saturated rings. The molecule has 2 aliphatic carbocycles. The zero-order valence-electron chi connectivity index (χ0n) is 19.5. The van der Waals surface area contributed by atoms with E-state index >= 15 is 0 Å². The van der Waals surface area contributed by atoms with E-state index in [9.17, 15) is 0 Å². The average molecular weight is 401 g/mol. The molecule has 3 aliphatic rings. The standard InChI is InChI=1S/C28H32O2/c1-25(2,3)21-15-22(26(4,5)6)24-23(16-21)29-27(7)17-20(18-28(27,8)30-24)14-13-19-11-9-10-12-19/h9-11,15-16,18H,17H2,1-8H3. The lowest BCUT2D eigenvalue weighted by Crippen LogP contribution is -2.56. The van der Waals surface area contributed by atoms with Crippen LogP contribution in [-0.2, 0) is 10.8 Å². The molecule has 2 heteroatoms. The maximum atomic E-state index is 6.76. The van der Waals surface area contributed by atoms with Gasteiger partial charge in [-0.2, -0.15) is 0 Å². The second-order valence-corrected chi connectivity index (χ2v) is 11.1. The summed E-state index contributed by atoms with van der Waals surface area (Å²) in [6, 6.07) is 4.46. The Morgan fingerprint density at radius 1 is 0.967 bits per heavy atom. The first-order chi connectivity index (χ1) is 13.8. The van der Waals surface area contributed by atoms with Gasteiger partial charge in [0.1, 0.15) is 0 Å². The Hall–Kier alpha value is -2.62. The molecule has 0 amide bonds. The summed E-state index contributed by atoms with van der Waals surface area (Å²) in [5, 5.41) is 0. The highest BCUT2D eigenvalue weighted by Crippen LogP contribution is 2.54. The molecule has 0 N–H and O–H groups in total. The molecule has 30 heavy (non-hydrogen) atoms. The monoisotopic (exact) mass is 400 g/mol. The zero-order valence-corrected chi connectivity index (χ0v) is 19.5. The highest BCUT2D eigenvalue weighted by Gasteiger charge is 2.56. The molecular formula is C28H32O2. The summed E-state index contributed by atoms with van der Waals surface area (Å²) in [5.41, 5.74) is 6.46. The molecule has 0 radical (unpaired) electrons. The van der Waals surface area contributed by atoms with E-state index in [4.69, 9.17) is 9.47 Å². The summed E-state index contributed by atoms with van der Waals surface area (Å²) in [6.45, 7) is 17.6. The summed E-state index contributed by atoms with van der Waals surface area (Å²) < 4.78 is 13.5. The Balaban J connectivity index is 1.78. The fourth-order valence-electron chi connectivity index (χ4n) is 4.21. The Morgan fingerprint density at radius 2 is 1.70 bits per heavy atom. The van der Waals surface area contributed by atoms with E-state index in [0.717, 1.165) is 29.1 Å². The number of ether oxygens (including phenoxy) is 2. The van der Waals surface area contributed by atoms with E-state index in [0.29, 0.717) is 0 Å². The van der Waals surface area contributed by atoms with Crippen LogP contribution in [0.5, 0.6) is 11.5 Å². The maximum absolute atomic E-state index is 6.76. The molecule has 2 atom stereocenters. The molecule has 0 saturated heterocycles. The third-order valence-electron chi connectivity index (χ3n) is 6.36. The van der Waals surface area contributed by atoms with E-state index in [-0.39, 0.29) is 10.8 Å². The lowest BCUT2D eigenvalue weighted by molar-refractivity contribution is -0.0828. The molecule has 1 aromatic rings. The number of benzene rings is 1. The minimum absolute atomic E-state index is 0.0284. The van der Waals surface area contributed by atoms with Crippen LogP contribution in [0, 0.1) is 11.8 Å². The normalized spacial score (nSPS) is 26.7. The summed E-state index contributed by atoms with van der Waals surface area (Å²) in [4.78, 5) is 0. The van der Waals surface area contributed by atoms with Crippen molar-refractivity contribution in [3.8, 4) is 23.3 Å². The average Bonchev–Trinajstić information content (AvgIpc) is 3.19. The van der Waals surface area contributed by atoms with Crippen LogP contribution in [0.4, 0.5) is 0 Å². The van der Waals surface area contributed by atoms with E-state index in [2.05, 4.69) is 91.2 Å². The fourth-order valence-corrected chi connectivity index (χ4v) is 4.21. The van der Waals surface area contributed by atoms with Crippen LogP contribution in [0.1, 0.15) is 72.9 Å². The predicted octanol–water partition coefficient (Wildman–Crippen LogP) is 6.56. The minimum atomic E-state index is -0.566. The summed E-state index contributed by atoms with van der Waals surface area (Å²) >= 11 is 0. The van der Waals surface area contributed by atoms with Crippen LogP contribution in [0.25, 0.3) is 0 Å². The van der Waals surface area contributed by atoms with Gasteiger partial charge in [-0.3, -0.25) is 0 Å². The molecule has 0 aromatic heterocycles. The van der Waals surface area contributed by atoms with Crippen molar-refractivity contribution in [1.82, 2.24) is 0 Å². The number of fused-ring (bicyclic) bond motifs is 2. The molecule has 0 spiro atoms. The minimum Gasteiger partial charge on any atom is -0.479 e. The lowest BCUT2D eigenvalue weighted by Gasteiger charge is -2.46. The molecule has 156 valence electrons. The van der Waals surface area contributed by atoms with Crippen LogP contribution in [0.15, 0.2) is 53.3 Å². The van der Waals surface area contributed by atoms with Crippen molar-refractivity contribution in [3.63, 3.8) is 0 Å². The number of hydrogen-bond acceptors (Lipinski definition) is 2. The first-order valence-electron chi connectivity index (χ1n) is 10.7. The van der Waals surface area contributed by atoms with Gasteiger partial charge < -0.3 is 9.47 Å². The van der Waals surface area contributed by atoms with Gasteiger partial charge in [-0.1, -0.05) is 65.5 Å². The van der Waals surface area contributed by atoms with Crippen molar-refractivity contribution < 1.29 is 9.47 Å². The van der Waals surface area contributed by atoms with Gasteiger partial charge in [0.25, 0.3) is 0 Å². The number of allylic oxidation sites excluding steroid dienone is 3. The van der Waals surface area contributed by atoms with Gasteiger partial charge in [-0.05, 0) is 54.5 Å². The molecule has 0 saturated carbocycles. The van der Waals surface area contributed by atoms with Crippen LogP contribution in [0.3, 0.4) is 0 Å². The van der Waals surface area contributed by atoms with Crippen LogP contribution in [-0.4, -0.2) is 11.2 Å². The van der Waals surface area contributed by atoms with Crippen molar-refractivity contribution in [2.45, 2.75) is 83.8 Å². The smallest absolute Gasteiger partial charge is 0.166 e. The van der Waals surface area contributed by atoms with Crippen molar-refractivity contribution in [2.24, 2.45) is 0 Å². The van der Waals surface area contributed by atoms with Crippen LogP contribution < -0.4 is 9.47 Å². The second-order valence-electron chi connectivity index (χ2n) is 11.1. The third kappa shape index (κ3) is 3.42. The van der Waals surface area contributed by atoms with Crippen molar-refractivity contribution in [1.29, 1.82) is 0 Å². The van der Waals surface area contributed by atoms with E-state index < -0.39 is 11.2 Å². The number of rotatable bonds is 0. The molecule has 2 nitrogen and oxygen atoms in total. The highest BCUT2D eigenvalue weighted by molar-refractivity contribution is 5.58. The maximum Gasteiger partial charge on any atom is 0.166 e. The van der Waals surface area contributed by atoms with Gasteiger partial charge in [0.15, 0.2) is 22.7 Å². The summed E-state index contributed by atoms with van der Waals surface area (Å²) in [6.07, 6.45) is 8.70. The lowest BCUT2D eigenvalue weighted by atomic mass is 9.79. The fraction of sp³-hybridized carbons (Fsp3) is 0.464. The molecule has 0 bridgehead atoms. The van der Waals surface area contributed by atoms with Gasteiger partial charge in [0.2, 0.25) is 0 Å².